The molecule has 0 aliphatic carbocycles. The second-order valence-corrected chi connectivity index (χ2v) is 10.3. The SMILES string of the molecule is O=C1NC(=O)N(c2ccc(OCc3ccc(Cl)cc3)cc2)C(=O)/C1=C/c1ccc(OCc2cccc(Cl)c2)c(Cl)c1. The van der Waals surface area contributed by atoms with Crippen LogP contribution in [0.1, 0.15) is 16.7 Å². The van der Waals surface area contributed by atoms with Gasteiger partial charge in [0.2, 0.25) is 0 Å². The number of halogens is 3. The number of carbonyl (C=O) groups excluding carboxylic acids is 3. The lowest BCUT2D eigenvalue weighted by Gasteiger charge is -2.26. The topological polar surface area (TPSA) is 84.9 Å². The maximum absolute atomic E-state index is 13.3. The van der Waals surface area contributed by atoms with E-state index in [1.165, 1.54) is 6.08 Å². The van der Waals surface area contributed by atoms with Crippen molar-refractivity contribution in [2.24, 2.45) is 0 Å². The van der Waals surface area contributed by atoms with Crippen LogP contribution in [0, 0.1) is 0 Å². The van der Waals surface area contributed by atoms with Crippen LogP contribution in [0.5, 0.6) is 11.5 Å². The third kappa shape index (κ3) is 6.89. The molecule has 1 N–H and O–H groups in total. The van der Waals surface area contributed by atoms with Crippen molar-refractivity contribution in [1.82, 2.24) is 5.32 Å². The Morgan fingerprint density at radius 1 is 0.732 bits per heavy atom. The van der Waals surface area contributed by atoms with Crippen LogP contribution in [0.4, 0.5) is 10.5 Å². The molecule has 4 aromatic rings. The molecule has 206 valence electrons. The molecule has 1 heterocycles. The van der Waals surface area contributed by atoms with Crippen molar-refractivity contribution < 1.29 is 23.9 Å². The van der Waals surface area contributed by atoms with E-state index in [0.717, 1.165) is 16.0 Å². The van der Waals surface area contributed by atoms with E-state index in [-0.39, 0.29) is 22.9 Å². The lowest BCUT2D eigenvalue weighted by atomic mass is 10.1. The normalized spacial score (nSPS) is 14.3. The van der Waals surface area contributed by atoms with Gasteiger partial charge in [-0.15, -0.1) is 0 Å². The van der Waals surface area contributed by atoms with Crippen LogP contribution in [0.2, 0.25) is 15.1 Å². The zero-order chi connectivity index (χ0) is 28.9. The van der Waals surface area contributed by atoms with Gasteiger partial charge >= 0.3 is 6.03 Å². The fourth-order valence-electron chi connectivity index (χ4n) is 4.01. The number of carbonyl (C=O) groups is 3. The predicted molar refractivity (Wildman–Crippen MR) is 158 cm³/mol. The monoisotopic (exact) mass is 606 g/mol. The van der Waals surface area contributed by atoms with Crippen molar-refractivity contribution in [2.75, 3.05) is 4.90 Å². The Kier molecular flexibility index (Phi) is 8.59. The number of benzene rings is 4. The summed E-state index contributed by atoms with van der Waals surface area (Å²) >= 11 is 18.3. The highest BCUT2D eigenvalue weighted by Gasteiger charge is 2.36. The van der Waals surface area contributed by atoms with Gasteiger partial charge in [-0.05, 0) is 83.4 Å². The first-order valence-corrected chi connectivity index (χ1v) is 13.5. The minimum Gasteiger partial charge on any atom is -0.489 e. The van der Waals surface area contributed by atoms with Gasteiger partial charge in [0.1, 0.15) is 30.3 Å². The molecule has 0 aromatic heterocycles. The second kappa shape index (κ2) is 12.5. The van der Waals surface area contributed by atoms with Crippen LogP contribution in [0.15, 0.2) is 96.6 Å². The average molecular weight is 608 g/mol. The molecule has 1 fully saturated rings. The van der Waals surface area contributed by atoms with Gasteiger partial charge in [-0.1, -0.05) is 65.1 Å². The van der Waals surface area contributed by atoms with Crippen molar-refractivity contribution >= 4 is 64.4 Å². The minimum atomic E-state index is -0.852. The number of nitrogens with zero attached hydrogens (tertiary/aromatic N) is 1. The van der Waals surface area contributed by atoms with Gasteiger partial charge in [0.15, 0.2) is 0 Å². The maximum Gasteiger partial charge on any atom is 0.335 e. The molecule has 4 amide bonds. The summed E-state index contributed by atoms with van der Waals surface area (Å²) in [6.07, 6.45) is 1.37. The first-order chi connectivity index (χ1) is 19.8. The van der Waals surface area contributed by atoms with Gasteiger partial charge in [-0.3, -0.25) is 14.9 Å². The highest BCUT2D eigenvalue weighted by molar-refractivity contribution is 6.39. The van der Waals surface area contributed by atoms with Gasteiger partial charge in [-0.25, -0.2) is 9.69 Å². The van der Waals surface area contributed by atoms with Crippen LogP contribution in [-0.4, -0.2) is 17.8 Å². The molecule has 4 aromatic carbocycles. The molecule has 10 heteroatoms. The Labute approximate surface area is 250 Å². The number of barbiturate groups is 1. The minimum absolute atomic E-state index is 0.226. The molecule has 0 spiro atoms. The molecule has 7 nitrogen and oxygen atoms in total. The van der Waals surface area contributed by atoms with Crippen molar-refractivity contribution in [3.05, 3.63) is 128 Å². The molecule has 0 atom stereocenters. The van der Waals surface area contributed by atoms with Gasteiger partial charge in [-0.2, -0.15) is 0 Å². The van der Waals surface area contributed by atoms with E-state index in [2.05, 4.69) is 5.32 Å². The number of hydrogen-bond donors (Lipinski definition) is 1. The fraction of sp³-hybridized carbons (Fsp3) is 0.0645. The summed E-state index contributed by atoms with van der Waals surface area (Å²) in [5.74, 6) is -0.626. The molecule has 1 aliphatic heterocycles. The van der Waals surface area contributed by atoms with Gasteiger partial charge < -0.3 is 9.47 Å². The Balaban J connectivity index is 1.29. The molecule has 1 saturated heterocycles. The predicted octanol–water partition coefficient (Wildman–Crippen LogP) is 7.47. The van der Waals surface area contributed by atoms with Crippen molar-refractivity contribution in [2.45, 2.75) is 13.2 Å². The lowest BCUT2D eigenvalue weighted by molar-refractivity contribution is -0.122. The van der Waals surface area contributed by atoms with E-state index in [9.17, 15) is 14.4 Å². The molecule has 0 unspecified atom stereocenters. The molecule has 0 saturated carbocycles. The zero-order valence-electron chi connectivity index (χ0n) is 21.3. The molecule has 0 radical (unpaired) electrons. The Morgan fingerprint density at radius 3 is 2.17 bits per heavy atom. The number of urea groups is 1. The van der Waals surface area contributed by atoms with E-state index >= 15 is 0 Å². The molecule has 0 bridgehead atoms. The van der Waals surface area contributed by atoms with E-state index < -0.39 is 17.8 Å². The van der Waals surface area contributed by atoms with Crippen LogP contribution in [0.3, 0.4) is 0 Å². The first-order valence-electron chi connectivity index (χ1n) is 12.3. The number of nitrogens with one attached hydrogen (secondary N) is 1. The largest absolute Gasteiger partial charge is 0.489 e. The standard InChI is InChI=1S/C31H21Cl3N2O5/c32-22-7-4-19(5-8-22)17-40-25-11-9-24(10-12-25)36-30(38)26(29(37)35-31(36)39)15-20-6-13-28(27(34)16-20)41-18-21-2-1-3-23(33)14-21/h1-16H,17-18H2,(H,35,37,39)/b26-15+. The number of imide groups is 2. The highest BCUT2D eigenvalue weighted by Crippen LogP contribution is 2.29. The lowest BCUT2D eigenvalue weighted by Crippen LogP contribution is -2.54. The Morgan fingerprint density at radius 2 is 1.46 bits per heavy atom. The molecular weight excluding hydrogens is 587 g/mol. The average Bonchev–Trinajstić information content (AvgIpc) is 2.95. The summed E-state index contributed by atoms with van der Waals surface area (Å²) in [5, 5.41) is 3.73. The third-order valence-electron chi connectivity index (χ3n) is 6.07. The molecule has 5 rings (SSSR count). The molecular formula is C31H21Cl3N2O5. The quantitative estimate of drug-likeness (QED) is 0.166. The van der Waals surface area contributed by atoms with Crippen LogP contribution in [0.25, 0.3) is 6.08 Å². The third-order valence-corrected chi connectivity index (χ3v) is 6.85. The van der Waals surface area contributed by atoms with Crippen molar-refractivity contribution in [3.8, 4) is 11.5 Å². The van der Waals surface area contributed by atoms with Crippen molar-refractivity contribution in [1.29, 1.82) is 0 Å². The summed E-state index contributed by atoms with van der Waals surface area (Å²) in [7, 11) is 0. The summed E-state index contributed by atoms with van der Waals surface area (Å²) < 4.78 is 11.6. The fourth-order valence-corrected chi connectivity index (χ4v) is 4.59. The van der Waals surface area contributed by atoms with E-state index in [0.29, 0.717) is 33.7 Å². The summed E-state index contributed by atoms with van der Waals surface area (Å²) in [6.45, 7) is 0.567. The van der Waals surface area contributed by atoms with Crippen LogP contribution in [-0.2, 0) is 22.8 Å². The number of anilines is 1. The van der Waals surface area contributed by atoms with E-state index in [1.807, 2.05) is 24.3 Å². The molecule has 41 heavy (non-hydrogen) atoms. The van der Waals surface area contributed by atoms with E-state index in [4.69, 9.17) is 44.3 Å². The summed E-state index contributed by atoms with van der Waals surface area (Å²) in [5.41, 5.74) is 2.32. The van der Waals surface area contributed by atoms with Gasteiger partial charge in [0.25, 0.3) is 11.8 Å². The number of ether oxygens (including phenoxy) is 2. The van der Waals surface area contributed by atoms with Gasteiger partial charge in [0, 0.05) is 10.0 Å². The highest BCUT2D eigenvalue weighted by atomic mass is 35.5. The number of rotatable bonds is 8. The summed E-state index contributed by atoms with van der Waals surface area (Å²) in [6, 6.07) is 24.9. The number of amides is 4. The maximum atomic E-state index is 13.3. The second-order valence-electron chi connectivity index (χ2n) is 8.98. The summed E-state index contributed by atoms with van der Waals surface area (Å²) in [4.78, 5) is 39.4. The number of hydrogen-bond acceptors (Lipinski definition) is 5. The zero-order valence-corrected chi connectivity index (χ0v) is 23.5. The smallest absolute Gasteiger partial charge is 0.335 e. The molecule has 1 aliphatic rings. The Bertz CT molecular complexity index is 1650. The van der Waals surface area contributed by atoms with Crippen molar-refractivity contribution in [3.63, 3.8) is 0 Å². The Hall–Kier alpha value is -4.30. The van der Waals surface area contributed by atoms with E-state index in [1.54, 1.807) is 66.7 Å². The van der Waals surface area contributed by atoms with Crippen LogP contribution >= 0.6 is 34.8 Å². The first kappa shape index (κ1) is 28.2. The van der Waals surface area contributed by atoms with Crippen LogP contribution < -0.4 is 19.7 Å². The van der Waals surface area contributed by atoms with Gasteiger partial charge in [0.05, 0.1) is 10.7 Å².